The van der Waals surface area contributed by atoms with E-state index in [1.54, 1.807) is 30.3 Å². The molecule has 0 aromatic heterocycles. The van der Waals surface area contributed by atoms with Gasteiger partial charge in [-0.2, -0.15) is 8.78 Å². The van der Waals surface area contributed by atoms with Crippen molar-refractivity contribution >= 4 is 23.7 Å². The lowest BCUT2D eigenvalue weighted by molar-refractivity contribution is -0.148. The molecule has 0 unspecified atom stereocenters. The lowest BCUT2D eigenvalue weighted by Gasteiger charge is -2.13. The second kappa shape index (κ2) is 11.4. The van der Waals surface area contributed by atoms with Crippen LogP contribution in [0.1, 0.15) is 44.7 Å². The lowest BCUT2D eigenvalue weighted by atomic mass is 10.1. The molecular weight excluding hydrogens is 450 g/mol. The maximum atomic E-state index is 12.4. The minimum atomic E-state index is -2.89. The summed E-state index contributed by atoms with van der Waals surface area (Å²) in [5.41, 5.74) is 2.40. The van der Waals surface area contributed by atoms with E-state index in [-0.39, 0.29) is 43.5 Å². The number of hydrogen-bond donors (Lipinski definition) is 1. The van der Waals surface area contributed by atoms with Gasteiger partial charge in [-0.15, -0.1) is 0 Å². The summed E-state index contributed by atoms with van der Waals surface area (Å²) in [5, 5.41) is 2.60. The Hall–Kier alpha value is -3.82. The van der Waals surface area contributed by atoms with E-state index in [9.17, 15) is 28.0 Å². The molecule has 3 amide bonds. The van der Waals surface area contributed by atoms with Crippen LogP contribution < -0.4 is 10.1 Å². The number of alkyl halides is 2. The third-order valence-electron chi connectivity index (χ3n) is 5.14. The summed E-state index contributed by atoms with van der Waals surface area (Å²) in [6.07, 6.45) is 0.622. The first-order chi connectivity index (χ1) is 16.2. The van der Waals surface area contributed by atoms with E-state index in [1.165, 1.54) is 12.1 Å². The molecule has 180 valence electrons. The molecule has 0 radical (unpaired) electrons. The van der Waals surface area contributed by atoms with Gasteiger partial charge in [0.1, 0.15) is 5.75 Å². The van der Waals surface area contributed by atoms with Gasteiger partial charge in [-0.25, -0.2) is 0 Å². The molecule has 0 fully saturated rings. The zero-order valence-corrected chi connectivity index (χ0v) is 18.5. The third kappa shape index (κ3) is 6.60. The number of nitrogens with zero attached hydrogens (tertiary/aromatic N) is 1. The highest BCUT2D eigenvalue weighted by Gasteiger charge is 2.35. The minimum Gasteiger partial charge on any atom is -0.456 e. The van der Waals surface area contributed by atoms with Crippen LogP contribution in [0, 0.1) is 6.92 Å². The molecule has 0 saturated heterocycles. The number of nitrogens with one attached hydrogen (secondary N) is 1. The Balaban J connectivity index is 1.31. The summed E-state index contributed by atoms with van der Waals surface area (Å²) in [6, 6.07) is 11.1. The number of ether oxygens (including phenoxy) is 2. The van der Waals surface area contributed by atoms with Gasteiger partial charge in [-0.1, -0.05) is 23.8 Å². The fourth-order valence-electron chi connectivity index (χ4n) is 3.44. The van der Waals surface area contributed by atoms with Crippen LogP contribution in [0.25, 0.3) is 0 Å². The topological polar surface area (TPSA) is 102 Å². The van der Waals surface area contributed by atoms with Crippen LogP contribution in [0.5, 0.6) is 5.75 Å². The van der Waals surface area contributed by atoms with E-state index in [2.05, 4.69) is 10.1 Å². The van der Waals surface area contributed by atoms with E-state index in [4.69, 9.17) is 4.74 Å². The number of fused-ring (bicyclic) bond motifs is 1. The monoisotopic (exact) mass is 474 g/mol. The number of benzene rings is 2. The van der Waals surface area contributed by atoms with Crippen molar-refractivity contribution in [2.75, 3.05) is 19.7 Å². The van der Waals surface area contributed by atoms with Crippen LogP contribution in [0.4, 0.5) is 8.78 Å². The lowest BCUT2D eigenvalue weighted by Crippen LogP contribution is -2.32. The fourth-order valence-corrected chi connectivity index (χ4v) is 3.44. The first-order valence-electron chi connectivity index (χ1n) is 10.7. The van der Waals surface area contributed by atoms with Crippen molar-refractivity contribution in [1.29, 1.82) is 0 Å². The largest absolute Gasteiger partial charge is 0.456 e. The van der Waals surface area contributed by atoms with Crippen LogP contribution in [0.15, 0.2) is 42.5 Å². The van der Waals surface area contributed by atoms with Crippen LogP contribution in [0.3, 0.4) is 0 Å². The summed E-state index contributed by atoms with van der Waals surface area (Å²) in [7, 11) is 0. The van der Waals surface area contributed by atoms with Gasteiger partial charge in [0.25, 0.3) is 17.7 Å². The van der Waals surface area contributed by atoms with Gasteiger partial charge >= 0.3 is 12.6 Å². The van der Waals surface area contributed by atoms with Gasteiger partial charge in [0.15, 0.2) is 6.61 Å². The highest BCUT2D eigenvalue weighted by molar-refractivity contribution is 6.21. The van der Waals surface area contributed by atoms with Crippen LogP contribution in [0.2, 0.25) is 0 Å². The number of amides is 3. The normalized spacial score (nSPS) is 12.6. The molecule has 8 nitrogen and oxygen atoms in total. The predicted octanol–water partition coefficient (Wildman–Crippen LogP) is 2.87. The van der Waals surface area contributed by atoms with E-state index in [0.29, 0.717) is 17.5 Å². The average molecular weight is 474 g/mol. The van der Waals surface area contributed by atoms with Crippen molar-refractivity contribution in [3.05, 3.63) is 64.7 Å². The maximum absolute atomic E-state index is 12.4. The number of esters is 1. The van der Waals surface area contributed by atoms with Gasteiger partial charge in [0.2, 0.25) is 0 Å². The van der Waals surface area contributed by atoms with Crippen LogP contribution >= 0.6 is 0 Å². The molecule has 1 aliphatic heterocycles. The average Bonchev–Trinajstić information content (AvgIpc) is 3.02. The smallest absolute Gasteiger partial charge is 0.387 e. The van der Waals surface area contributed by atoms with E-state index >= 15 is 0 Å². The highest BCUT2D eigenvalue weighted by Crippen LogP contribution is 2.24. The molecule has 1 N–H and O–H groups in total. The summed E-state index contributed by atoms with van der Waals surface area (Å²) >= 11 is 0. The summed E-state index contributed by atoms with van der Waals surface area (Å²) < 4.78 is 33.5. The Morgan fingerprint density at radius 1 is 1.03 bits per heavy atom. The second-order valence-electron chi connectivity index (χ2n) is 7.70. The molecule has 1 heterocycles. The number of imide groups is 1. The van der Waals surface area contributed by atoms with Crippen molar-refractivity contribution in [2.45, 2.75) is 32.8 Å². The van der Waals surface area contributed by atoms with Crippen molar-refractivity contribution in [3.8, 4) is 5.75 Å². The molecule has 2 aromatic carbocycles. The van der Waals surface area contributed by atoms with Gasteiger partial charge in [0.05, 0.1) is 11.1 Å². The predicted molar refractivity (Wildman–Crippen MR) is 117 cm³/mol. The molecule has 3 rings (SSSR count). The van der Waals surface area contributed by atoms with Gasteiger partial charge < -0.3 is 14.8 Å². The molecule has 0 atom stereocenters. The number of carbonyl (C=O) groups excluding carboxylic acids is 4. The van der Waals surface area contributed by atoms with Gasteiger partial charge in [-0.3, -0.25) is 24.1 Å². The van der Waals surface area contributed by atoms with Gasteiger partial charge in [-0.05, 0) is 49.6 Å². The molecule has 1 aliphatic rings. The third-order valence-corrected chi connectivity index (χ3v) is 5.14. The van der Waals surface area contributed by atoms with Gasteiger partial charge in [0, 0.05) is 19.5 Å². The van der Waals surface area contributed by atoms with E-state index in [1.807, 2.05) is 6.92 Å². The highest BCUT2D eigenvalue weighted by atomic mass is 19.3. The van der Waals surface area contributed by atoms with Crippen molar-refractivity contribution < 1.29 is 37.4 Å². The van der Waals surface area contributed by atoms with Crippen molar-refractivity contribution in [1.82, 2.24) is 10.2 Å². The molecule has 0 spiro atoms. The zero-order chi connectivity index (χ0) is 24.7. The zero-order valence-electron chi connectivity index (χ0n) is 18.5. The Bertz CT molecular complexity index is 1070. The summed E-state index contributed by atoms with van der Waals surface area (Å²) in [4.78, 5) is 49.6. The Morgan fingerprint density at radius 2 is 1.74 bits per heavy atom. The molecule has 2 aromatic rings. The quantitative estimate of drug-likeness (QED) is 0.397. The summed E-state index contributed by atoms with van der Waals surface area (Å²) in [5.74, 6) is -1.82. The number of halogens is 2. The van der Waals surface area contributed by atoms with E-state index in [0.717, 1.165) is 16.0 Å². The number of rotatable bonds is 11. The molecule has 0 saturated carbocycles. The SMILES string of the molecule is Cc1ccc2c(c1)C(=O)N(CCCC(=O)OCC(=O)NCCc1ccc(OC(F)F)cc1)C2=O. The molecule has 10 heteroatoms. The first kappa shape index (κ1) is 24.8. The Labute approximate surface area is 194 Å². The Morgan fingerprint density at radius 3 is 2.44 bits per heavy atom. The standard InChI is InChI=1S/C24H24F2N2O6/c1-15-4-9-18-19(13-15)23(32)28(22(18)31)12-2-3-21(30)33-14-20(29)27-11-10-16-5-7-17(8-6-16)34-24(25)26/h4-9,13,24H,2-3,10-12,14H2,1H3,(H,27,29). The van der Waals surface area contributed by atoms with Crippen molar-refractivity contribution in [3.63, 3.8) is 0 Å². The van der Waals surface area contributed by atoms with E-state index < -0.39 is 25.1 Å². The fraction of sp³-hybridized carbons (Fsp3) is 0.333. The molecule has 0 aliphatic carbocycles. The molecular formula is C24H24F2N2O6. The van der Waals surface area contributed by atoms with Crippen molar-refractivity contribution in [2.24, 2.45) is 0 Å². The summed E-state index contributed by atoms with van der Waals surface area (Å²) in [6.45, 7) is -1.16. The second-order valence-corrected chi connectivity index (χ2v) is 7.70. The van der Waals surface area contributed by atoms with Crippen LogP contribution in [-0.4, -0.2) is 54.9 Å². The first-order valence-corrected chi connectivity index (χ1v) is 10.7. The molecule has 34 heavy (non-hydrogen) atoms. The Kier molecular flexibility index (Phi) is 8.29. The van der Waals surface area contributed by atoms with Crippen LogP contribution in [-0.2, 0) is 20.7 Å². The number of carbonyl (C=O) groups is 4. The minimum absolute atomic E-state index is 0.0489. The maximum Gasteiger partial charge on any atom is 0.387 e. The number of aryl methyl sites for hydroxylation is 1. The molecule has 0 bridgehead atoms. The number of hydrogen-bond acceptors (Lipinski definition) is 6.